The molecule has 124 valence electrons. The summed E-state index contributed by atoms with van der Waals surface area (Å²) in [5, 5.41) is 3.35. The minimum atomic E-state index is -0.198. The number of thiazole rings is 1. The quantitative estimate of drug-likeness (QED) is 0.919. The van der Waals surface area contributed by atoms with Crippen LogP contribution < -0.4 is 5.32 Å². The first kappa shape index (κ1) is 16.1. The predicted molar refractivity (Wildman–Crippen MR) is 87.6 cm³/mol. The van der Waals surface area contributed by atoms with E-state index in [9.17, 15) is 14.4 Å². The fourth-order valence-electron chi connectivity index (χ4n) is 3.17. The van der Waals surface area contributed by atoms with Crippen LogP contribution in [0, 0.1) is 5.92 Å². The molecule has 0 radical (unpaired) electrons. The van der Waals surface area contributed by atoms with Crippen molar-refractivity contribution >= 4 is 34.1 Å². The van der Waals surface area contributed by atoms with Gasteiger partial charge in [0, 0.05) is 25.9 Å². The highest BCUT2D eigenvalue weighted by Crippen LogP contribution is 2.30. The van der Waals surface area contributed by atoms with Crippen molar-refractivity contribution in [3.63, 3.8) is 0 Å². The Kier molecular flexibility index (Phi) is 4.75. The first-order valence-electron chi connectivity index (χ1n) is 8.20. The Morgan fingerprint density at radius 1 is 1.35 bits per heavy atom. The molecule has 1 atom stereocenters. The number of rotatable bonds is 3. The number of ketones is 1. The number of piperidine rings is 1. The van der Waals surface area contributed by atoms with Crippen LogP contribution in [0.15, 0.2) is 0 Å². The van der Waals surface area contributed by atoms with Gasteiger partial charge in [-0.15, -0.1) is 0 Å². The van der Waals surface area contributed by atoms with Gasteiger partial charge in [0.1, 0.15) is 0 Å². The van der Waals surface area contributed by atoms with Crippen LogP contribution in [0.1, 0.15) is 54.4 Å². The molecule has 1 N–H and O–H groups in total. The van der Waals surface area contributed by atoms with Crippen molar-refractivity contribution in [2.45, 2.75) is 45.4 Å². The molecule has 3 rings (SSSR count). The lowest BCUT2D eigenvalue weighted by Gasteiger charge is -2.31. The normalized spacial score (nSPS) is 21.0. The van der Waals surface area contributed by atoms with Crippen LogP contribution in [0.3, 0.4) is 0 Å². The Labute approximate surface area is 139 Å². The highest BCUT2D eigenvalue weighted by Gasteiger charge is 2.29. The molecule has 6 nitrogen and oxygen atoms in total. The van der Waals surface area contributed by atoms with E-state index >= 15 is 0 Å². The zero-order valence-electron chi connectivity index (χ0n) is 13.3. The van der Waals surface area contributed by atoms with Gasteiger partial charge in [-0.2, -0.15) is 0 Å². The minimum Gasteiger partial charge on any atom is -0.342 e. The maximum absolute atomic E-state index is 12.5. The Morgan fingerprint density at radius 3 is 2.91 bits per heavy atom. The lowest BCUT2D eigenvalue weighted by atomic mass is 9.97. The van der Waals surface area contributed by atoms with E-state index in [0.29, 0.717) is 29.4 Å². The second-order valence-electron chi connectivity index (χ2n) is 6.09. The summed E-state index contributed by atoms with van der Waals surface area (Å²) in [6.07, 6.45) is 4.30. The largest absolute Gasteiger partial charge is 0.342 e. The molecule has 1 aliphatic heterocycles. The van der Waals surface area contributed by atoms with Crippen LogP contribution in [0.2, 0.25) is 0 Å². The maximum atomic E-state index is 12.5. The number of anilines is 1. The Hall–Kier alpha value is -1.76. The molecule has 7 heteroatoms. The molecular formula is C16H21N3O3S. The van der Waals surface area contributed by atoms with E-state index in [1.54, 1.807) is 4.90 Å². The topological polar surface area (TPSA) is 79.4 Å². The summed E-state index contributed by atoms with van der Waals surface area (Å²) in [4.78, 5) is 43.0. The van der Waals surface area contributed by atoms with Crippen molar-refractivity contribution in [3.05, 3.63) is 10.6 Å². The zero-order valence-corrected chi connectivity index (χ0v) is 14.1. The number of hydrogen-bond acceptors (Lipinski definition) is 5. The smallest absolute Gasteiger partial charge is 0.231 e. The number of aromatic nitrogens is 1. The number of nitrogens with zero attached hydrogens (tertiary/aromatic N) is 2. The molecular weight excluding hydrogens is 314 g/mol. The van der Waals surface area contributed by atoms with Gasteiger partial charge in [0.25, 0.3) is 0 Å². The highest BCUT2D eigenvalue weighted by atomic mass is 32.1. The number of amides is 2. The number of fused-ring (bicyclic) bond motifs is 1. The minimum absolute atomic E-state index is 0.0952. The molecule has 0 bridgehead atoms. The maximum Gasteiger partial charge on any atom is 0.231 e. The van der Waals surface area contributed by atoms with Crippen molar-refractivity contribution in [2.24, 2.45) is 5.92 Å². The number of Topliss-reactive ketones (excluding diaryl/α,β-unsaturated/α-hetero) is 1. The summed E-state index contributed by atoms with van der Waals surface area (Å²) in [7, 11) is 0. The SMILES string of the molecule is CCC(=O)N1CCCC(C(=O)Nc2nc3c(s2)C(=O)CCC3)C1. The van der Waals surface area contributed by atoms with Crippen LogP contribution in [0.4, 0.5) is 5.13 Å². The zero-order chi connectivity index (χ0) is 16.4. The van der Waals surface area contributed by atoms with Crippen LogP contribution in [-0.4, -0.2) is 40.6 Å². The number of hydrogen-bond donors (Lipinski definition) is 1. The predicted octanol–water partition coefficient (Wildman–Crippen LogP) is 2.25. The van der Waals surface area contributed by atoms with Gasteiger partial charge in [-0.05, 0) is 25.7 Å². The third-order valence-electron chi connectivity index (χ3n) is 4.45. The van der Waals surface area contributed by atoms with Gasteiger partial charge >= 0.3 is 0 Å². The molecule has 2 amide bonds. The fourth-order valence-corrected chi connectivity index (χ4v) is 4.15. The van der Waals surface area contributed by atoms with Crippen LogP contribution in [0.25, 0.3) is 0 Å². The molecule has 1 unspecified atom stereocenters. The van der Waals surface area contributed by atoms with Gasteiger partial charge in [-0.1, -0.05) is 18.3 Å². The second-order valence-corrected chi connectivity index (χ2v) is 7.09. The third-order valence-corrected chi connectivity index (χ3v) is 5.50. The summed E-state index contributed by atoms with van der Waals surface area (Å²) < 4.78 is 0. The molecule has 2 heterocycles. The standard InChI is InChI=1S/C16H21N3O3S/c1-2-13(21)19-8-4-5-10(9-19)15(22)18-16-17-11-6-3-7-12(20)14(11)23-16/h10H,2-9H2,1H3,(H,17,18,22). The van der Waals surface area contributed by atoms with Crippen LogP contribution in [0.5, 0.6) is 0 Å². The van der Waals surface area contributed by atoms with Crippen LogP contribution >= 0.6 is 11.3 Å². The molecule has 1 aromatic rings. The van der Waals surface area contributed by atoms with Gasteiger partial charge < -0.3 is 10.2 Å². The average Bonchev–Trinajstić information content (AvgIpc) is 2.98. The van der Waals surface area contributed by atoms with Gasteiger partial charge in [0.05, 0.1) is 16.5 Å². The van der Waals surface area contributed by atoms with Gasteiger partial charge in [0.2, 0.25) is 11.8 Å². The molecule has 1 saturated heterocycles. The van der Waals surface area contributed by atoms with E-state index in [2.05, 4.69) is 10.3 Å². The molecule has 0 aromatic carbocycles. The molecule has 2 aliphatic rings. The number of aryl methyl sites for hydroxylation is 1. The summed E-state index contributed by atoms with van der Waals surface area (Å²) >= 11 is 1.27. The first-order chi connectivity index (χ1) is 11.1. The van der Waals surface area contributed by atoms with Gasteiger partial charge in [0.15, 0.2) is 10.9 Å². The molecule has 1 fully saturated rings. The molecule has 0 spiro atoms. The van der Waals surface area contributed by atoms with Crippen LogP contribution in [-0.2, 0) is 16.0 Å². The van der Waals surface area contributed by atoms with Crippen molar-refractivity contribution in [1.82, 2.24) is 9.88 Å². The third kappa shape index (κ3) is 3.44. The van der Waals surface area contributed by atoms with Crippen molar-refractivity contribution < 1.29 is 14.4 Å². The van der Waals surface area contributed by atoms with E-state index in [0.717, 1.165) is 37.9 Å². The average molecular weight is 335 g/mol. The molecule has 1 aliphatic carbocycles. The first-order valence-corrected chi connectivity index (χ1v) is 9.01. The van der Waals surface area contributed by atoms with E-state index in [1.165, 1.54) is 11.3 Å². The van der Waals surface area contributed by atoms with Gasteiger partial charge in [-0.3, -0.25) is 14.4 Å². The van der Waals surface area contributed by atoms with Crippen molar-refractivity contribution in [3.8, 4) is 0 Å². The van der Waals surface area contributed by atoms with E-state index in [4.69, 9.17) is 0 Å². The summed E-state index contributed by atoms with van der Waals surface area (Å²) in [5.41, 5.74) is 0.813. The van der Waals surface area contributed by atoms with E-state index < -0.39 is 0 Å². The summed E-state index contributed by atoms with van der Waals surface area (Å²) in [6.45, 7) is 3.04. The summed E-state index contributed by atoms with van der Waals surface area (Å²) in [6, 6.07) is 0. The number of nitrogens with one attached hydrogen (secondary N) is 1. The highest BCUT2D eigenvalue weighted by molar-refractivity contribution is 7.17. The Morgan fingerprint density at radius 2 is 2.17 bits per heavy atom. The van der Waals surface area contributed by atoms with Crippen molar-refractivity contribution in [1.29, 1.82) is 0 Å². The number of carbonyl (C=O) groups excluding carboxylic acids is 3. The van der Waals surface area contributed by atoms with Gasteiger partial charge in [-0.25, -0.2) is 4.98 Å². The Bertz CT molecular complexity index is 641. The molecule has 23 heavy (non-hydrogen) atoms. The van der Waals surface area contributed by atoms with E-state index in [1.807, 2.05) is 6.92 Å². The lowest BCUT2D eigenvalue weighted by molar-refractivity contribution is -0.134. The molecule has 0 saturated carbocycles. The fraction of sp³-hybridized carbons (Fsp3) is 0.625. The van der Waals surface area contributed by atoms with Crippen molar-refractivity contribution in [2.75, 3.05) is 18.4 Å². The Balaban J connectivity index is 1.65. The monoisotopic (exact) mass is 335 g/mol. The lowest BCUT2D eigenvalue weighted by Crippen LogP contribution is -2.43. The number of carbonyl (C=O) groups is 3. The summed E-state index contributed by atoms with van der Waals surface area (Å²) in [5.74, 6) is -0.0764. The second kappa shape index (κ2) is 6.78. The molecule has 1 aromatic heterocycles. The van der Waals surface area contributed by atoms with E-state index in [-0.39, 0.29) is 23.5 Å². The number of likely N-dealkylation sites (tertiary alicyclic amines) is 1.